The molecule has 2 rings (SSSR count). The van der Waals surface area contributed by atoms with Gasteiger partial charge in [-0.15, -0.1) is 0 Å². The van der Waals surface area contributed by atoms with E-state index in [0.717, 1.165) is 6.07 Å². The molecule has 5 heteroatoms. The van der Waals surface area contributed by atoms with Gasteiger partial charge < -0.3 is 5.11 Å². The fourth-order valence-corrected chi connectivity index (χ4v) is 1.51. The molecule has 0 radical (unpaired) electrons. The molecule has 1 aromatic heterocycles. The van der Waals surface area contributed by atoms with Crippen LogP contribution in [0, 0.1) is 11.6 Å². The number of halogens is 2. The van der Waals surface area contributed by atoms with Crippen molar-refractivity contribution in [2.45, 2.75) is 19.6 Å². The van der Waals surface area contributed by atoms with Gasteiger partial charge in [0, 0.05) is 23.4 Å². The summed E-state index contributed by atoms with van der Waals surface area (Å²) >= 11 is 0. The molecule has 1 heterocycles. The first-order valence-corrected chi connectivity index (χ1v) is 5.20. The summed E-state index contributed by atoms with van der Waals surface area (Å²) < 4.78 is 27.6. The van der Waals surface area contributed by atoms with Crippen LogP contribution in [0.4, 0.5) is 8.78 Å². The van der Waals surface area contributed by atoms with Crippen LogP contribution in [-0.2, 0) is 6.54 Å². The number of rotatable bonds is 3. The summed E-state index contributed by atoms with van der Waals surface area (Å²) in [4.78, 5) is 0. The van der Waals surface area contributed by atoms with Crippen LogP contribution >= 0.6 is 0 Å². The van der Waals surface area contributed by atoms with Crippen molar-refractivity contribution in [3.63, 3.8) is 0 Å². The van der Waals surface area contributed by atoms with Crippen molar-refractivity contribution in [2.24, 2.45) is 0 Å². The van der Waals surface area contributed by atoms with Gasteiger partial charge >= 0.3 is 0 Å². The molecule has 0 spiro atoms. The molecule has 17 heavy (non-hydrogen) atoms. The van der Waals surface area contributed by atoms with E-state index in [9.17, 15) is 13.9 Å². The Morgan fingerprint density at radius 2 is 2.18 bits per heavy atom. The number of nitrogens with zero attached hydrogens (tertiary/aromatic N) is 2. The minimum absolute atomic E-state index is 0.207. The molecule has 1 aromatic carbocycles. The molecule has 0 fully saturated rings. The molecule has 2 aromatic rings. The van der Waals surface area contributed by atoms with Gasteiger partial charge in [0.05, 0.1) is 18.8 Å². The van der Waals surface area contributed by atoms with E-state index < -0.39 is 17.7 Å². The lowest BCUT2D eigenvalue weighted by atomic mass is 10.2. The van der Waals surface area contributed by atoms with Crippen LogP contribution in [0.15, 0.2) is 30.6 Å². The lowest BCUT2D eigenvalue weighted by Crippen LogP contribution is -2.02. The maximum absolute atomic E-state index is 13.4. The maximum Gasteiger partial charge on any atom is 0.131 e. The highest BCUT2D eigenvalue weighted by atomic mass is 19.1. The van der Waals surface area contributed by atoms with Crippen molar-refractivity contribution in [3.05, 3.63) is 53.4 Å². The first kappa shape index (κ1) is 11.7. The van der Waals surface area contributed by atoms with Crippen molar-refractivity contribution >= 4 is 0 Å². The third-order valence-corrected chi connectivity index (χ3v) is 2.48. The van der Waals surface area contributed by atoms with Crippen LogP contribution in [-0.4, -0.2) is 14.9 Å². The average molecular weight is 238 g/mol. The number of hydrogen-bond acceptors (Lipinski definition) is 2. The molecule has 1 unspecified atom stereocenters. The van der Waals surface area contributed by atoms with Gasteiger partial charge in [-0.3, -0.25) is 4.68 Å². The topological polar surface area (TPSA) is 38.1 Å². The summed E-state index contributed by atoms with van der Waals surface area (Å²) in [6.07, 6.45) is 2.54. The highest BCUT2D eigenvalue weighted by molar-refractivity contribution is 5.19. The Kier molecular flexibility index (Phi) is 3.19. The number of hydrogen-bond donors (Lipinski definition) is 1. The second kappa shape index (κ2) is 4.63. The lowest BCUT2D eigenvalue weighted by molar-refractivity contribution is 0.199. The van der Waals surface area contributed by atoms with Gasteiger partial charge in [0.1, 0.15) is 11.6 Å². The molecule has 0 aliphatic carbocycles. The van der Waals surface area contributed by atoms with Gasteiger partial charge in [0.2, 0.25) is 0 Å². The molecule has 0 saturated heterocycles. The van der Waals surface area contributed by atoms with Gasteiger partial charge in [-0.1, -0.05) is 6.07 Å². The monoisotopic (exact) mass is 238 g/mol. The molecule has 90 valence electrons. The van der Waals surface area contributed by atoms with E-state index in [2.05, 4.69) is 5.10 Å². The Labute approximate surface area is 97.3 Å². The minimum atomic E-state index is -0.609. The van der Waals surface area contributed by atoms with Gasteiger partial charge in [-0.2, -0.15) is 5.10 Å². The molecule has 3 nitrogen and oxygen atoms in total. The quantitative estimate of drug-likeness (QED) is 0.890. The fraction of sp³-hybridized carbons (Fsp3) is 0.250. The molecule has 0 bridgehead atoms. The first-order valence-electron chi connectivity index (χ1n) is 5.20. The SMILES string of the molecule is CC(O)c1cnn(Cc2ccc(F)cc2F)c1. The standard InChI is InChI=1S/C12H12F2N2O/c1-8(17)10-5-15-16(7-10)6-9-2-3-11(13)4-12(9)14/h2-5,7-8,17H,6H2,1H3. The van der Waals surface area contributed by atoms with Crippen LogP contribution in [0.5, 0.6) is 0 Å². The van der Waals surface area contributed by atoms with E-state index in [4.69, 9.17) is 0 Å². The first-order chi connectivity index (χ1) is 8.06. The molecular formula is C12H12F2N2O. The number of aromatic nitrogens is 2. The van der Waals surface area contributed by atoms with Crippen LogP contribution in [0.3, 0.4) is 0 Å². The molecule has 0 saturated carbocycles. The Morgan fingerprint density at radius 3 is 2.76 bits per heavy atom. The zero-order valence-corrected chi connectivity index (χ0v) is 9.27. The number of aliphatic hydroxyl groups excluding tert-OH is 1. The fourth-order valence-electron chi connectivity index (χ4n) is 1.51. The predicted molar refractivity (Wildman–Crippen MR) is 58.3 cm³/mol. The molecule has 1 atom stereocenters. The van der Waals surface area contributed by atoms with Crippen molar-refractivity contribution in [1.29, 1.82) is 0 Å². The normalized spacial score (nSPS) is 12.7. The molecule has 0 amide bonds. The van der Waals surface area contributed by atoms with E-state index in [0.29, 0.717) is 11.1 Å². The van der Waals surface area contributed by atoms with Crippen molar-refractivity contribution in [2.75, 3.05) is 0 Å². The summed E-state index contributed by atoms with van der Waals surface area (Å²) in [7, 11) is 0. The van der Waals surface area contributed by atoms with E-state index >= 15 is 0 Å². The molecular weight excluding hydrogens is 226 g/mol. The van der Waals surface area contributed by atoms with E-state index in [-0.39, 0.29) is 6.54 Å². The van der Waals surface area contributed by atoms with Crippen molar-refractivity contribution in [1.82, 2.24) is 9.78 Å². The lowest BCUT2D eigenvalue weighted by Gasteiger charge is -2.03. The zero-order chi connectivity index (χ0) is 12.4. The number of aliphatic hydroxyl groups is 1. The van der Waals surface area contributed by atoms with Gasteiger partial charge in [-0.25, -0.2) is 8.78 Å². The summed E-state index contributed by atoms with van der Waals surface area (Å²) in [5.41, 5.74) is 1.01. The molecule has 0 aliphatic heterocycles. The van der Waals surface area contributed by atoms with E-state index in [1.54, 1.807) is 13.1 Å². The zero-order valence-electron chi connectivity index (χ0n) is 9.27. The summed E-state index contributed by atoms with van der Waals surface area (Å²) in [5.74, 6) is -1.20. The highest BCUT2D eigenvalue weighted by Gasteiger charge is 2.07. The smallest absolute Gasteiger partial charge is 0.131 e. The summed E-state index contributed by atoms with van der Waals surface area (Å²) in [6.45, 7) is 1.83. The largest absolute Gasteiger partial charge is 0.389 e. The van der Waals surface area contributed by atoms with Crippen molar-refractivity contribution in [3.8, 4) is 0 Å². The Bertz CT molecular complexity index is 523. The minimum Gasteiger partial charge on any atom is -0.389 e. The predicted octanol–water partition coefficient (Wildman–Crippen LogP) is 2.26. The van der Waals surface area contributed by atoms with Crippen LogP contribution in [0.1, 0.15) is 24.2 Å². The van der Waals surface area contributed by atoms with Crippen molar-refractivity contribution < 1.29 is 13.9 Å². The Balaban J connectivity index is 2.19. The van der Waals surface area contributed by atoms with Gasteiger partial charge in [0.15, 0.2) is 0 Å². The summed E-state index contributed by atoms with van der Waals surface area (Å²) in [5, 5.41) is 13.3. The van der Waals surface area contributed by atoms with Crippen LogP contribution < -0.4 is 0 Å². The second-order valence-electron chi connectivity index (χ2n) is 3.88. The van der Waals surface area contributed by atoms with Crippen LogP contribution in [0.25, 0.3) is 0 Å². The van der Waals surface area contributed by atoms with E-state index in [1.807, 2.05) is 0 Å². The molecule has 0 aliphatic rings. The number of benzene rings is 1. The molecule has 1 N–H and O–H groups in total. The third kappa shape index (κ3) is 2.68. The van der Waals surface area contributed by atoms with Gasteiger partial charge in [-0.05, 0) is 13.0 Å². The maximum atomic E-state index is 13.4. The van der Waals surface area contributed by atoms with Gasteiger partial charge in [0.25, 0.3) is 0 Å². The Morgan fingerprint density at radius 1 is 1.41 bits per heavy atom. The average Bonchev–Trinajstić information content (AvgIpc) is 2.71. The highest BCUT2D eigenvalue weighted by Crippen LogP contribution is 2.13. The Hall–Kier alpha value is -1.75. The summed E-state index contributed by atoms with van der Waals surface area (Å²) in [6, 6.07) is 3.43. The second-order valence-corrected chi connectivity index (χ2v) is 3.88. The van der Waals surface area contributed by atoms with Crippen LogP contribution in [0.2, 0.25) is 0 Å². The van der Waals surface area contributed by atoms with E-state index in [1.165, 1.54) is 23.0 Å². The third-order valence-electron chi connectivity index (χ3n) is 2.48.